The summed E-state index contributed by atoms with van der Waals surface area (Å²) < 4.78 is 0. The molecule has 0 N–H and O–H groups in total. The number of hydrogen-bond acceptors (Lipinski definition) is 1. The van der Waals surface area contributed by atoms with E-state index in [4.69, 9.17) is 0 Å². The molecule has 0 saturated heterocycles. The molecule has 0 amide bonds. The van der Waals surface area contributed by atoms with Crippen LogP contribution in [0.4, 0.5) is 0 Å². The Morgan fingerprint density at radius 2 is 2.43 bits per heavy atom. The number of rotatable bonds is 0. The van der Waals surface area contributed by atoms with Gasteiger partial charge in [-0.25, -0.2) is 0 Å². The third-order valence-corrected chi connectivity index (χ3v) is 0.589. The van der Waals surface area contributed by atoms with Crippen molar-refractivity contribution in [3.05, 3.63) is 18.2 Å². The fourth-order valence-electron chi connectivity index (χ4n) is 0.299. The SMILES string of the molecule is Cc1c[n-]cn1.[Li+]. The van der Waals surface area contributed by atoms with E-state index >= 15 is 0 Å². The molecule has 0 radical (unpaired) electrons. The van der Waals surface area contributed by atoms with E-state index in [0.717, 1.165) is 5.69 Å². The molecular formula is C4H5LiN2. The second-order valence-corrected chi connectivity index (χ2v) is 1.16. The second-order valence-electron chi connectivity index (χ2n) is 1.16. The van der Waals surface area contributed by atoms with Crippen molar-refractivity contribution in [2.45, 2.75) is 6.92 Å². The van der Waals surface area contributed by atoms with E-state index < -0.39 is 0 Å². The van der Waals surface area contributed by atoms with Crippen molar-refractivity contribution in [2.24, 2.45) is 0 Å². The van der Waals surface area contributed by atoms with Gasteiger partial charge in [0.15, 0.2) is 0 Å². The summed E-state index contributed by atoms with van der Waals surface area (Å²) in [6.45, 7) is 1.91. The summed E-state index contributed by atoms with van der Waals surface area (Å²) >= 11 is 0. The average Bonchev–Trinajstić information content (AvgIpc) is 1.86. The number of hydrogen-bond donors (Lipinski definition) is 0. The van der Waals surface area contributed by atoms with Crippen LogP contribution in [0, 0.1) is 6.92 Å². The van der Waals surface area contributed by atoms with E-state index in [1.807, 2.05) is 6.92 Å². The first-order valence-corrected chi connectivity index (χ1v) is 1.79. The quantitative estimate of drug-likeness (QED) is 0.324. The Balaban J connectivity index is 0.000000360. The minimum Gasteiger partial charge on any atom is -0.450 e. The maximum absolute atomic E-state index is 3.81. The predicted molar refractivity (Wildman–Crippen MR) is 22.3 cm³/mol. The molecule has 0 aliphatic carbocycles. The topological polar surface area (TPSA) is 27.0 Å². The third kappa shape index (κ3) is 1.82. The van der Waals surface area contributed by atoms with E-state index in [1.54, 1.807) is 6.20 Å². The van der Waals surface area contributed by atoms with Crippen LogP contribution >= 0.6 is 0 Å². The zero-order chi connectivity index (χ0) is 4.41. The summed E-state index contributed by atoms with van der Waals surface area (Å²) in [5.41, 5.74) is 0.981. The van der Waals surface area contributed by atoms with Gasteiger partial charge in [-0.3, -0.25) is 0 Å². The molecule has 0 aromatic carbocycles. The van der Waals surface area contributed by atoms with Crippen LogP contribution in [-0.2, 0) is 0 Å². The zero-order valence-corrected chi connectivity index (χ0v) is 4.55. The molecule has 1 aromatic rings. The van der Waals surface area contributed by atoms with Crippen molar-refractivity contribution < 1.29 is 18.9 Å². The summed E-state index contributed by atoms with van der Waals surface area (Å²) in [5, 5.41) is 0. The first-order valence-electron chi connectivity index (χ1n) is 1.79. The van der Waals surface area contributed by atoms with Crippen LogP contribution in [0.15, 0.2) is 12.5 Å². The second kappa shape index (κ2) is 2.90. The number of aryl methyl sites for hydroxylation is 1. The van der Waals surface area contributed by atoms with Gasteiger partial charge in [-0.15, -0.1) is 0 Å². The van der Waals surface area contributed by atoms with Crippen molar-refractivity contribution in [1.82, 2.24) is 9.97 Å². The average molecular weight is 88.0 g/mol. The summed E-state index contributed by atoms with van der Waals surface area (Å²) in [6, 6.07) is 0. The van der Waals surface area contributed by atoms with E-state index in [-0.39, 0.29) is 18.9 Å². The van der Waals surface area contributed by atoms with Crippen molar-refractivity contribution in [3.63, 3.8) is 0 Å². The number of aromatic nitrogens is 2. The monoisotopic (exact) mass is 88.1 g/mol. The molecular weight excluding hydrogens is 83.0 g/mol. The molecule has 1 rings (SSSR count). The molecule has 0 aliphatic heterocycles. The van der Waals surface area contributed by atoms with Crippen LogP contribution in [0.5, 0.6) is 0 Å². The molecule has 0 atom stereocenters. The molecule has 7 heavy (non-hydrogen) atoms. The Kier molecular flexibility index (Phi) is 2.82. The number of imidazole rings is 1. The van der Waals surface area contributed by atoms with Crippen LogP contribution in [-0.4, -0.2) is 4.98 Å². The van der Waals surface area contributed by atoms with Gasteiger partial charge < -0.3 is 9.97 Å². The van der Waals surface area contributed by atoms with Crippen LogP contribution in [0.3, 0.4) is 0 Å². The normalized spacial score (nSPS) is 7.57. The molecule has 32 valence electrons. The molecule has 3 heteroatoms. The van der Waals surface area contributed by atoms with E-state index in [0.29, 0.717) is 0 Å². The van der Waals surface area contributed by atoms with Crippen molar-refractivity contribution in [2.75, 3.05) is 0 Å². The van der Waals surface area contributed by atoms with Gasteiger partial charge in [0.05, 0.1) is 0 Å². The minimum atomic E-state index is 0. The molecule has 0 fully saturated rings. The molecule has 0 spiro atoms. The van der Waals surface area contributed by atoms with Gasteiger partial charge in [-0.1, -0.05) is 18.2 Å². The van der Waals surface area contributed by atoms with Gasteiger partial charge in [-0.05, 0) is 6.92 Å². The fraction of sp³-hybridized carbons (Fsp3) is 0.250. The predicted octanol–water partition coefficient (Wildman–Crippen LogP) is -2.65. The van der Waals surface area contributed by atoms with Gasteiger partial charge in [0.25, 0.3) is 0 Å². The van der Waals surface area contributed by atoms with Gasteiger partial charge in [0, 0.05) is 0 Å². The standard InChI is InChI=1S/C4H5N2.Li/c1-4-2-5-3-6-4;/h2-3H,1H3;/q-1;+1. The molecule has 0 saturated carbocycles. The van der Waals surface area contributed by atoms with E-state index in [1.165, 1.54) is 6.33 Å². The smallest absolute Gasteiger partial charge is 0.450 e. The maximum atomic E-state index is 3.81. The largest absolute Gasteiger partial charge is 1.00 e. The van der Waals surface area contributed by atoms with Crippen LogP contribution < -0.4 is 23.8 Å². The Morgan fingerprint density at radius 1 is 1.71 bits per heavy atom. The van der Waals surface area contributed by atoms with Gasteiger partial charge in [-0.2, -0.15) is 0 Å². The third-order valence-electron chi connectivity index (χ3n) is 0.589. The fourth-order valence-corrected chi connectivity index (χ4v) is 0.299. The Labute approximate surface area is 54.5 Å². The maximum Gasteiger partial charge on any atom is 1.00 e. The molecule has 0 unspecified atom stereocenters. The Morgan fingerprint density at radius 3 is 2.57 bits per heavy atom. The molecule has 2 nitrogen and oxygen atoms in total. The Hall–Kier alpha value is -0.193. The number of nitrogens with zero attached hydrogens (tertiary/aromatic N) is 2. The first kappa shape index (κ1) is 6.81. The summed E-state index contributed by atoms with van der Waals surface area (Å²) in [6.07, 6.45) is 3.26. The van der Waals surface area contributed by atoms with Gasteiger partial charge >= 0.3 is 18.9 Å². The van der Waals surface area contributed by atoms with Crippen molar-refractivity contribution in [3.8, 4) is 0 Å². The summed E-state index contributed by atoms with van der Waals surface area (Å²) in [7, 11) is 0. The molecule has 0 bridgehead atoms. The van der Waals surface area contributed by atoms with Crippen molar-refractivity contribution in [1.29, 1.82) is 0 Å². The van der Waals surface area contributed by atoms with Crippen molar-refractivity contribution >= 4 is 0 Å². The molecule has 1 heterocycles. The summed E-state index contributed by atoms with van der Waals surface area (Å²) in [5.74, 6) is 0. The van der Waals surface area contributed by atoms with Crippen LogP contribution in [0.25, 0.3) is 0 Å². The minimum absolute atomic E-state index is 0. The zero-order valence-electron chi connectivity index (χ0n) is 4.55. The van der Waals surface area contributed by atoms with Crippen LogP contribution in [0.2, 0.25) is 0 Å². The first-order chi connectivity index (χ1) is 2.89. The van der Waals surface area contributed by atoms with Gasteiger partial charge in [0.2, 0.25) is 0 Å². The molecule has 1 aromatic heterocycles. The van der Waals surface area contributed by atoms with E-state index in [9.17, 15) is 0 Å². The van der Waals surface area contributed by atoms with E-state index in [2.05, 4.69) is 9.97 Å². The molecule has 0 aliphatic rings. The van der Waals surface area contributed by atoms with Crippen LogP contribution in [0.1, 0.15) is 5.69 Å². The van der Waals surface area contributed by atoms with Gasteiger partial charge in [0.1, 0.15) is 0 Å². The summed E-state index contributed by atoms with van der Waals surface area (Å²) in [4.78, 5) is 7.52. The Bertz CT molecular complexity index is 113.